The zero-order valence-corrected chi connectivity index (χ0v) is 12.9. The molecule has 0 aliphatic heterocycles. The van der Waals surface area contributed by atoms with Gasteiger partial charge in [-0.25, -0.2) is 8.42 Å². The Kier molecular flexibility index (Phi) is 4.04. The van der Waals surface area contributed by atoms with Crippen molar-refractivity contribution < 1.29 is 18.1 Å². The van der Waals surface area contributed by atoms with Gasteiger partial charge in [-0.1, -0.05) is 0 Å². The van der Waals surface area contributed by atoms with Gasteiger partial charge >= 0.3 is 0 Å². The summed E-state index contributed by atoms with van der Waals surface area (Å²) in [4.78, 5) is 10.2. The van der Waals surface area contributed by atoms with Crippen LogP contribution >= 0.6 is 0 Å². The van der Waals surface area contributed by atoms with Gasteiger partial charge in [0.25, 0.3) is 15.7 Å². The minimum atomic E-state index is -3.87. The van der Waals surface area contributed by atoms with Crippen molar-refractivity contribution in [3.8, 4) is 5.75 Å². The standard InChI is InChI=1S/C12H14N4O5S/c1-8-12(7-13-15(8)2)22(19,20)14-10-5-4-9(16(17)18)6-11(10)21-3/h4-7,14H,1-3H3. The minimum Gasteiger partial charge on any atom is -0.494 e. The van der Waals surface area contributed by atoms with E-state index in [-0.39, 0.29) is 22.0 Å². The SMILES string of the molecule is COc1cc([N+](=O)[O-])ccc1NS(=O)(=O)c1cnn(C)c1C. The highest BCUT2D eigenvalue weighted by Crippen LogP contribution is 2.31. The van der Waals surface area contributed by atoms with Gasteiger partial charge in [-0.05, 0) is 13.0 Å². The van der Waals surface area contributed by atoms with Gasteiger partial charge in [0, 0.05) is 13.1 Å². The normalized spacial score (nSPS) is 11.2. The van der Waals surface area contributed by atoms with Crippen LogP contribution in [0.1, 0.15) is 5.69 Å². The van der Waals surface area contributed by atoms with Crippen molar-refractivity contribution in [3.05, 3.63) is 40.2 Å². The van der Waals surface area contributed by atoms with Crippen molar-refractivity contribution in [2.24, 2.45) is 7.05 Å². The summed E-state index contributed by atoms with van der Waals surface area (Å²) in [5.74, 6) is 0.0549. The van der Waals surface area contributed by atoms with Crippen LogP contribution in [-0.2, 0) is 17.1 Å². The smallest absolute Gasteiger partial charge is 0.273 e. The van der Waals surface area contributed by atoms with Gasteiger partial charge in [-0.3, -0.25) is 19.5 Å². The zero-order valence-electron chi connectivity index (χ0n) is 12.1. The Hall–Kier alpha value is -2.62. The predicted molar refractivity (Wildman–Crippen MR) is 78.4 cm³/mol. The van der Waals surface area contributed by atoms with Crippen molar-refractivity contribution in [1.82, 2.24) is 9.78 Å². The summed E-state index contributed by atoms with van der Waals surface area (Å²) in [5.41, 5.74) is 0.377. The molecule has 1 aromatic heterocycles. The maximum absolute atomic E-state index is 12.4. The highest BCUT2D eigenvalue weighted by molar-refractivity contribution is 7.92. The molecule has 0 fully saturated rings. The number of hydrogen-bond donors (Lipinski definition) is 1. The second-order valence-corrected chi connectivity index (χ2v) is 6.12. The molecule has 1 N–H and O–H groups in total. The molecular weight excluding hydrogens is 312 g/mol. The van der Waals surface area contributed by atoms with Crippen LogP contribution in [0.3, 0.4) is 0 Å². The molecule has 0 spiro atoms. The van der Waals surface area contributed by atoms with E-state index in [2.05, 4.69) is 9.82 Å². The van der Waals surface area contributed by atoms with E-state index < -0.39 is 14.9 Å². The molecule has 118 valence electrons. The molecule has 0 atom stereocenters. The Morgan fingerprint density at radius 3 is 2.59 bits per heavy atom. The monoisotopic (exact) mass is 326 g/mol. The first kappa shape index (κ1) is 15.8. The van der Waals surface area contributed by atoms with Gasteiger partial charge < -0.3 is 4.74 Å². The number of nitrogens with one attached hydrogen (secondary N) is 1. The van der Waals surface area contributed by atoms with Crippen LogP contribution in [-0.4, -0.2) is 30.2 Å². The first-order valence-corrected chi connectivity index (χ1v) is 7.58. The van der Waals surface area contributed by atoms with Crippen LogP contribution in [0, 0.1) is 17.0 Å². The Bertz CT molecular complexity index is 828. The molecule has 0 saturated carbocycles. The van der Waals surface area contributed by atoms with Gasteiger partial charge in [0.05, 0.1) is 35.7 Å². The van der Waals surface area contributed by atoms with E-state index in [4.69, 9.17) is 4.74 Å². The van der Waals surface area contributed by atoms with E-state index >= 15 is 0 Å². The topological polar surface area (TPSA) is 116 Å². The quantitative estimate of drug-likeness (QED) is 0.656. The molecule has 0 unspecified atom stereocenters. The van der Waals surface area contributed by atoms with Gasteiger partial charge in [-0.15, -0.1) is 0 Å². The minimum absolute atomic E-state index is 0.0235. The fraction of sp³-hybridized carbons (Fsp3) is 0.250. The van der Waals surface area contributed by atoms with E-state index in [1.54, 1.807) is 14.0 Å². The maximum atomic E-state index is 12.4. The third kappa shape index (κ3) is 2.86. The summed E-state index contributed by atoms with van der Waals surface area (Å²) in [6, 6.07) is 3.62. The largest absolute Gasteiger partial charge is 0.494 e. The molecule has 1 aromatic carbocycles. The molecule has 0 radical (unpaired) electrons. The molecule has 2 aromatic rings. The van der Waals surface area contributed by atoms with Crippen LogP contribution in [0.15, 0.2) is 29.3 Å². The van der Waals surface area contributed by atoms with Crippen molar-refractivity contribution >= 4 is 21.4 Å². The van der Waals surface area contributed by atoms with Crippen molar-refractivity contribution in [2.75, 3.05) is 11.8 Å². The number of nitrogens with zero attached hydrogens (tertiary/aromatic N) is 3. The number of nitro groups is 1. The molecule has 9 nitrogen and oxygen atoms in total. The first-order valence-electron chi connectivity index (χ1n) is 6.10. The molecule has 0 aliphatic rings. The average molecular weight is 326 g/mol. The van der Waals surface area contributed by atoms with Crippen molar-refractivity contribution in [3.63, 3.8) is 0 Å². The van der Waals surface area contributed by atoms with E-state index in [1.807, 2.05) is 0 Å². The summed E-state index contributed by atoms with van der Waals surface area (Å²) < 4.78 is 33.5. The molecule has 0 aliphatic carbocycles. The molecule has 1 heterocycles. The van der Waals surface area contributed by atoms with E-state index in [0.717, 1.165) is 6.07 Å². The maximum Gasteiger partial charge on any atom is 0.273 e. The Morgan fingerprint density at radius 2 is 2.09 bits per heavy atom. The fourth-order valence-electron chi connectivity index (χ4n) is 1.82. The predicted octanol–water partition coefficient (Wildman–Crippen LogP) is 1.45. The molecular formula is C12H14N4O5S. The summed E-state index contributed by atoms with van der Waals surface area (Å²) in [7, 11) is -0.948. The lowest BCUT2D eigenvalue weighted by Gasteiger charge is -2.11. The summed E-state index contributed by atoms with van der Waals surface area (Å²) >= 11 is 0. The third-order valence-corrected chi connectivity index (χ3v) is 4.59. The average Bonchev–Trinajstić information content (AvgIpc) is 2.79. The van der Waals surface area contributed by atoms with E-state index in [9.17, 15) is 18.5 Å². The van der Waals surface area contributed by atoms with Crippen LogP contribution in [0.4, 0.5) is 11.4 Å². The number of sulfonamides is 1. The van der Waals surface area contributed by atoms with Crippen LogP contribution in [0.25, 0.3) is 0 Å². The number of methoxy groups -OCH3 is 1. The van der Waals surface area contributed by atoms with Crippen LogP contribution < -0.4 is 9.46 Å². The Morgan fingerprint density at radius 1 is 1.41 bits per heavy atom. The highest BCUT2D eigenvalue weighted by Gasteiger charge is 2.22. The molecule has 22 heavy (non-hydrogen) atoms. The van der Waals surface area contributed by atoms with E-state index in [0.29, 0.717) is 5.69 Å². The summed E-state index contributed by atoms with van der Waals surface area (Å²) in [6.45, 7) is 1.62. The van der Waals surface area contributed by atoms with Crippen LogP contribution in [0.2, 0.25) is 0 Å². The Labute approximate surface area is 126 Å². The van der Waals surface area contributed by atoms with Gasteiger partial charge in [0.2, 0.25) is 0 Å². The lowest BCUT2D eigenvalue weighted by Crippen LogP contribution is -2.14. The highest BCUT2D eigenvalue weighted by atomic mass is 32.2. The number of aryl methyl sites for hydroxylation is 1. The number of benzene rings is 1. The lowest BCUT2D eigenvalue weighted by molar-refractivity contribution is -0.384. The number of ether oxygens (including phenoxy) is 1. The summed E-state index contributed by atoms with van der Waals surface area (Å²) in [5, 5.41) is 14.6. The molecule has 0 saturated heterocycles. The lowest BCUT2D eigenvalue weighted by atomic mass is 10.2. The number of hydrogen-bond acceptors (Lipinski definition) is 6. The number of rotatable bonds is 5. The number of anilines is 1. The molecule has 0 amide bonds. The number of aromatic nitrogens is 2. The zero-order chi connectivity index (χ0) is 16.5. The third-order valence-electron chi connectivity index (χ3n) is 3.12. The van der Waals surface area contributed by atoms with Gasteiger partial charge in [-0.2, -0.15) is 5.10 Å². The first-order chi connectivity index (χ1) is 10.3. The number of non-ortho nitro benzene ring substituents is 1. The van der Waals surface area contributed by atoms with Gasteiger partial charge in [0.15, 0.2) is 0 Å². The van der Waals surface area contributed by atoms with Crippen molar-refractivity contribution in [1.29, 1.82) is 0 Å². The molecule has 2 rings (SSSR count). The Balaban J connectivity index is 2.42. The van der Waals surface area contributed by atoms with E-state index in [1.165, 1.54) is 30.1 Å². The number of nitro benzene ring substituents is 1. The second kappa shape index (κ2) is 5.64. The molecule has 0 bridgehead atoms. The van der Waals surface area contributed by atoms with Crippen molar-refractivity contribution in [2.45, 2.75) is 11.8 Å². The van der Waals surface area contributed by atoms with Crippen LogP contribution in [0.5, 0.6) is 5.75 Å². The second-order valence-electron chi connectivity index (χ2n) is 4.47. The molecule has 10 heteroatoms. The summed E-state index contributed by atoms with van der Waals surface area (Å²) in [6.07, 6.45) is 1.23. The fourth-order valence-corrected chi connectivity index (χ4v) is 3.09. The van der Waals surface area contributed by atoms with Gasteiger partial charge in [0.1, 0.15) is 10.6 Å².